The first kappa shape index (κ1) is 28.1. The lowest BCUT2D eigenvalue weighted by atomic mass is 9.88. The van der Waals surface area contributed by atoms with Crippen LogP contribution in [0.2, 0.25) is 0 Å². The average Bonchev–Trinajstić information content (AvgIpc) is 3.58. The number of carbonyl (C=O) groups excluding carboxylic acids is 1. The number of cyclic esters (lactones) is 1. The molecule has 1 saturated heterocycles. The number of rotatable bonds is 10. The molecule has 0 spiro atoms. The molecule has 1 fully saturated rings. The summed E-state index contributed by atoms with van der Waals surface area (Å²) in [6.45, 7) is 6.11. The largest absolute Gasteiger partial charge is 0.497 e. The maximum Gasteiger partial charge on any atom is 0.342 e. The van der Waals surface area contributed by atoms with E-state index in [9.17, 15) is 9.90 Å². The van der Waals surface area contributed by atoms with Gasteiger partial charge in [-0.1, -0.05) is 18.2 Å². The minimum Gasteiger partial charge on any atom is -0.497 e. The minimum atomic E-state index is -1.96. The van der Waals surface area contributed by atoms with Crippen LogP contribution < -0.4 is 18.9 Å². The van der Waals surface area contributed by atoms with Crippen molar-refractivity contribution in [3.05, 3.63) is 89.0 Å². The Bertz CT molecular complexity index is 1460. The molecule has 0 aromatic heterocycles. The van der Waals surface area contributed by atoms with Gasteiger partial charge in [0.15, 0.2) is 11.5 Å². The van der Waals surface area contributed by atoms with Gasteiger partial charge in [-0.3, -0.25) is 0 Å². The van der Waals surface area contributed by atoms with Crippen molar-refractivity contribution in [1.82, 2.24) is 9.80 Å². The molecular weight excluding hydrogens is 536 g/mol. The van der Waals surface area contributed by atoms with Gasteiger partial charge in [0, 0.05) is 50.3 Å². The highest BCUT2D eigenvalue weighted by Gasteiger charge is 2.48. The van der Waals surface area contributed by atoms with Crippen LogP contribution in [0.3, 0.4) is 0 Å². The number of ether oxygens (including phenoxy) is 5. The van der Waals surface area contributed by atoms with Crippen molar-refractivity contribution < 1.29 is 33.6 Å². The van der Waals surface area contributed by atoms with Gasteiger partial charge in [-0.25, -0.2) is 4.79 Å². The summed E-state index contributed by atoms with van der Waals surface area (Å²) in [6, 6.07) is 19.9. The van der Waals surface area contributed by atoms with Gasteiger partial charge in [0.2, 0.25) is 6.79 Å². The first-order chi connectivity index (χ1) is 20.4. The normalized spacial score (nSPS) is 20.6. The van der Waals surface area contributed by atoms with Crippen molar-refractivity contribution in [3.63, 3.8) is 0 Å². The summed E-state index contributed by atoms with van der Waals surface area (Å²) < 4.78 is 28.2. The third-order valence-electron chi connectivity index (χ3n) is 8.06. The lowest BCUT2D eigenvalue weighted by molar-refractivity contribution is -0.185. The molecule has 9 heteroatoms. The molecular formula is C33H36N2O7. The first-order valence-electron chi connectivity index (χ1n) is 14.3. The van der Waals surface area contributed by atoms with Gasteiger partial charge in [-0.2, -0.15) is 0 Å². The van der Waals surface area contributed by atoms with Gasteiger partial charge in [0.25, 0.3) is 5.79 Å². The number of likely N-dealkylation sites (N-methyl/N-ethyl adjacent to an activating group) is 1. The third kappa shape index (κ3) is 5.81. The lowest BCUT2D eigenvalue weighted by Crippen LogP contribution is -2.44. The maximum absolute atomic E-state index is 13.4. The van der Waals surface area contributed by atoms with Gasteiger partial charge in [0.1, 0.15) is 11.5 Å². The van der Waals surface area contributed by atoms with Crippen LogP contribution in [0.15, 0.2) is 72.3 Å². The van der Waals surface area contributed by atoms with Crippen LogP contribution in [-0.2, 0) is 21.7 Å². The van der Waals surface area contributed by atoms with Crippen LogP contribution in [0.1, 0.15) is 23.1 Å². The lowest BCUT2D eigenvalue weighted by Gasteiger charge is -2.32. The minimum absolute atomic E-state index is 0.118. The Hall–Kier alpha value is -4.05. The van der Waals surface area contributed by atoms with Crippen molar-refractivity contribution in [2.75, 3.05) is 60.3 Å². The van der Waals surface area contributed by atoms with Crippen LogP contribution in [-0.4, -0.2) is 81.2 Å². The van der Waals surface area contributed by atoms with E-state index in [0.717, 1.165) is 50.5 Å². The van der Waals surface area contributed by atoms with Crippen LogP contribution in [0, 0.1) is 0 Å². The van der Waals surface area contributed by atoms with Gasteiger partial charge >= 0.3 is 5.97 Å². The molecule has 3 aromatic rings. The van der Waals surface area contributed by atoms with Crippen LogP contribution >= 0.6 is 0 Å². The number of nitrogens with zero attached hydrogens (tertiary/aromatic N) is 2. The number of hydrogen-bond acceptors (Lipinski definition) is 9. The molecule has 3 aliphatic heterocycles. The monoisotopic (exact) mass is 572 g/mol. The van der Waals surface area contributed by atoms with E-state index in [0.29, 0.717) is 46.1 Å². The summed E-state index contributed by atoms with van der Waals surface area (Å²) in [6.07, 6.45) is 1.20. The van der Waals surface area contributed by atoms with E-state index in [4.69, 9.17) is 23.7 Å². The number of carbonyl (C=O) groups is 1. The summed E-state index contributed by atoms with van der Waals surface area (Å²) >= 11 is 0. The second kappa shape index (κ2) is 12.1. The Labute approximate surface area is 245 Å². The molecule has 0 amide bonds. The standard InChI is InChI=1S/C33H36N2O7/c1-34-14-16-35(17-15-34)13-4-18-39-27-6-3-5-23(19-27)20-28-31(24-7-12-29-30(21-24)41-22-40-29)32(36)42-33(28,37)25-8-10-26(38-2)11-9-25/h3,5-12,19,21,37H,4,13-18,20,22H2,1-2H3. The van der Waals surface area contributed by atoms with Crippen molar-refractivity contribution >= 4 is 11.5 Å². The fourth-order valence-corrected chi connectivity index (χ4v) is 5.64. The van der Waals surface area contributed by atoms with Crippen molar-refractivity contribution in [1.29, 1.82) is 0 Å². The number of hydrogen-bond donors (Lipinski definition) is 1. The third-order valence-corrected chi connectivity index (χ3v) is 8.06. The number of fused-ring (bicyclic) bond motifs is 1. The summed E-state index contributed by atoms with van der Waals surface area (Å²) in [5.74, 6) is -0.0540. The zero-order valence-electron chi connectivity index (χ0n) is 24.0. The zero-order valence-corrected chi connectivity index (χ0v) is 24.0. The van der Waals surface area contributed by atoms with E-state index >= 15 is 0 Å². The molecule has 3 aromatic carbocycles. The molecule has 6 rings (SSSR count). The highest BCUT2D eigenvalue weighted by molar-refractivity contribution is 6.20. The van der Waals surface area contributed by atoms with Gasteiger partial charge in [-0.15, -0.1) is 0 Å². The Kier molecular flexibility index (Phi) is 8.06. The van der Waals surface area contributed by atoms with E-state index < -0.39 is 11.8 Å². The van der Waals surface area contributed by atoms with Gasteiger partial charge in [0.05, 0.1) is 19.3 Å². The quantitative estimate of drug-likeness (QED) is 0.288. The molecule has 0 saturated carbocycles. The second-order valence-corrected chi connectivity index (χ2v) is 10.9. The fourth-order valence-electron chi connectivity index (χ4n) is 5.64. The molecule has 3 heterocycles. The predicted molar refractivity (Wildman–Crippen MR) is 157 cm³/mol. The van der Waals surface area contributed by atoms with Gasteiger partial charge in [-0.05, 0) is 73.1 Å². The summed E-state index contributed by atoms with van der Waals surface area (Å²) in [7, 11) is 3.73. The summed E-state index contributed by atoms with van der Waals surface area (Å²) in [5.41, 5.74) is 2.62. The zero-order chi connectivity index (χ0) is 29.1. The molecule has 9 nitrogen and oxygen atoms in total. The summed E-state index contributed by atoms with van der Waals surface area (Å²) in [4.78, 5) is 18.2. The van der Waals surface area contributed by atoms with Crippen molar-refractivity contribution in [3.8, 4) is 23.0 Å². The molecule has 42 heavy (non-hydrogen) atoms. The average molecular weight is 573 g/mol. The number of esters is 1. The number of aliphatic hydroxyl groups is 1. The summed E-state index contributed by atoms with van der Waals surface area (Å²) in [5, 5.41) is 12.0. The molecule has 0 bridgehead atoms. The Balaban J connectivity index is 1.26. The molecule has 1 unspecified atom stereocenters. The van der Waals surface area contributed by atoms with E-state index in [1.807, 2.05) is 24.3 Å². The molecule has 0 radical (unpaired) electrons. The number of benzene rings is 3. The SMILES string of the molecule is COc1ccc(C2(O)OC(=O)C(c3ccc4c(c3)OCO4)=C2Cc2cccc(OCCCN3CCN(C)CC3)c2)cc1. The molecule has 0 aliphatic carbocycles. The number of piperazine rings is 1. The van der Waals surface area contributed by atoms with E-state index in [2.05, 4.69) is 16.8 Å². The Morgan fingerprint density at radius 3 is 2.50 bits per heavy atom. The Morgan fingerprint density at radius 2 is 1.71 bits per heavy atom. The van der Waals surface area contributed by atoms with Crippen molar-refractivity contribution in [2.24, 2.45) is 0 Å². The predicted octanol–water partition coefficient (Wildman–Crippen LogP) is 3.84. The van der Waals surface area contributed by atoms with Crippen LogP contribution in [0.25, 0.3) is 5.57 Å². The van der Waals surface area contributed by atoms with Crippen molar-refractivity contribution in [2.45, 2.75) is 18.6 Å². The highest BCUT2D eigenvalue weighted by atomic mass is 16.7. The number of methoxy groups -OCH3 is 1. The van der Waals surface area contributed by atoms with Crippen LogP contribution in [0.4, 0.5) is 0 Å². The fraction of sp³-hybridized carbons (Fsp3) is 0.364. The second-order valence-electron chi connectivity index (χ2n) is 10.9. The molecule has 1 atom stereocenters. The topological polar surface area (TPSA) is 89.9 Å². The first-order valence-corrected chi connectivity index (χ1v) is 14.3. The maximum atomic E-state index is 13.4. The smallest absolute Gasteiger partial charge is 0.342 e. The van der Waals surface area contributed by atoms with Gasteiger partial charge < -0.3 is 38.6 Å². The molecule has 220 valence electrons. The van der Waals surface area contributed by atoms with Crippen LogP contribution in [0.5, 0.6) is 23.0 Å². The Morgan fingerprint density at radius 1 is 0.929 bits per heavy atom. The van der Waals surface area contributed by atoms with E-state index in [1.165, 1.54) is 0 Å². The highest BCUT2D eigenvalue weighted by Crippen LogP contribution is 2.46. The van der Waals surface area contributed by atoms with E-state index in [1.54, 1.807) is 49.6 Å². The molecule has 3 aliphatic rings. The van der Waals surface area contributed by atoms with E-state index in [-0.39, 0.29) is 13.2 Å². The molecule has 1 N–H and O–H groups in total.